The average molecular weight is 320 g/mol. The van der Waals surface area contributed by atoms with Crippen LogP contribution in [0.25, 0.3) is 0 Å². The third-order valence-corrected chi connectivity index (χ3v) is 4.11. The molecule has 1 saturated heterocycles. The molecular formula is C18H28N2O3. The van der Waals surface area contributed by atoms with Crippen molar-refractivity contribution in [1.29, 1.82) is 0 Å². The van der Waals surface area contributed by atoms with E-state index in [1.807, 2.05) is 38.2 Å². The van der Waals surface area contributed by atoms with Gasteiger partial charge in [0, 0.05) is 33.4 Å². The lowest BCUT2D eigenvalue weighted by molar-refractivity contribution is 0.00385. The molecule has 1 aliphatic rings. The summed E-state index contributed by atoms with van der Waals surface area (Å²) in [6.45, 7) is 5.21. The normalized spacial score (nSPS) is 17.7. The Morgan fingerprint density at radius 3 is 2.83 bits per heavy atom. The van der Waals surface area contributed by atoms with Gasteiger partial charge in [0.25, 0.3) is 0 Å². The SMILES string of the molecule is CCOCc1ccccc1CNC(=O)N(C)CC1CCCCO1. The van der Waals surface area contributed by atoms with Crippen LogP contribution < -0.4 is 5.32 Å². The van der Waals surface area contributed by atoms with Crippen LogP contribution in [0.15, 0.2) is 24.3 Å². The molecule has 23 heavy (non-hydrogen) atoms. The van der Waals surface area contributed by atoms with Crippen molar-refractivity contribution in [3.05, 3.63) is 35.4 Å². The molecule has 1 aliphatic heterocycles. The summed E-state index contributed by atoms with van der Waals surface area (Å²) < 4.78 is 11.2. The van der Waals surface area contributed by atoms with Crippen molar-refractivity contribution in [2.45, 2.75) is 45.4 Å². The van der Waals surface area contributed by atoms with Gasteiger partial charge in [-0.15, -0.1) is 0 Å². The van der Waals surface area contributed by atoms with Crippen molar-refractivity contribution in [1.82, 2.24) is 10.2 Å². The summed E-state index contributed by atoms with van der Waals surface area (Å²) in [6, 6.07) is 7.98. The van der Waals surface area contributed by atoms with Gasteiger partial charge >= 0.3 is 6.03 Å². The number of benzene rings is 1. The van der Waals surface area contributed by atoms with E-state index in [1.165, 1.54) is 6.42 Å². The Kier molecular flexibility index (Phi) is 7.36. The summed E-state index contributed by atoms with van der Waals surface area (Å²) in [5.41, 5.74) is 2.21. The summed E-state index contributed by atoms with van der Waals surface area (Å²) in [5.74, 6) is 0. The van der Waals surface area contributed by atoms with Crippen LogP contribution in [0, 0.1) is 0 Å². The Hall–Kier alpha value is -1.59. The minimum Gasteiger partial charge on any atom is -0.377 e. The largest absolute Gasteiger partial charge is 0.377 e. The molecule has 1 atom stereocenters. The van der Waals surface area contributed by atoms with E-state index >= 15 is 0 Å². The van der Waals surface area contributed by atoms with Crippen LogP contribution in [0.3, 0.4) is 0 Å². The minimum absolute atomic E-state index is 0.0645. The second-order valence-electron chi connectivity index (χ2n) is 5.93. The number of carbonyl (C=O) groups excluding carboxylic acids is 1. The lowest BCUT2D eigenvalue weighted by Crippen LogP contribution is -2.42. The first-order valence-electron chi connectivity index (χ1n) is 8.45. The summed E-state index contributed by atoms with van der Waals surface area (Å²) in [7, 11) is 1.82. The molecule has 128 valence electrons. The number of carbonyl (C=O) groups is 1. The number of ether oxygens (including phenoxy) is 2. The van der Waals surface area contributed by atoms with Crippen molar-refractivity contribution in [2.75, 3.05) is 26.8 Å². The Labute approximate surface area is 139 Å². The van der Waals surface area contributed by atoms with Crippen molar-refractivity contribution in [3.63, 3.8) is 0 Å². The van der Waals surface area contributed by atoms with Gasteiger partial charge in [-0.25, -0.2) is 4.79 Å². The molecule has 0 aromatic heterocycles. The van der Waals surface area contributed by atoms with E-state index in [0.29, 0.717) is 26.3 Å². The summed E-state index contributed by atoms with van der Waals surface area (Å²) in [6.07, 6.45) is 3.52. The monoisotopic (exact) mass is 320 g/mol. The van der Waals surface area contributed by atoms with Gasteiger partial charge in [-0.05, 0) is 37.3 Å². The molecule has 1 unspecified atom stereocenters. The van der Waals surface area contributed by atoms with Gasteiger partial charge in [-0.3, -0.25) is 0 Å². The number of amides is 2. The molecule has 1 aromatic carbocycles. The number of likely N-dealkylation sites (N-methyl/N-ethyl adjacent to an activating group) is 1. The summed E-state index contributed by atoms with van der Waals surface area (Å²) >= 11 is 0. The lowest BCUT2D eigenvalue weighted by Gasteiger charge is -2.27. The zero-order valence-corrected chi connectivity index (χ0v) is 14.2. The molecule has 0 aliphatic carbocycles. The maximum atomic E-state index is 12.2. The van der Waals surface area contributed by atoms with Crippen molar-refractivity contribution in [3.8, 4) is 0 Å². The highest BCUT2D eigenvalue weighted by atomic mass is 16.5. The smallest absolute Gasteiger partial charge is 0.317 e. The van der Waals surface area contributed by atoms with E-state index in [1.54, 1.807) is 4.90 Å². The predicted molar refractivity (Wildman–Crippen MR) is 90.2 cm³/mol. The molecule has 1 fully saturated rings. The van der Waals surface area contributed by atoms with E-state index < -0.39 is 0 Å². The quantitative estimate of drug-likeness (QED) is 0.840. The molecule has 0 bridgehead atoms. The van der Waals surface area contributed by atoms with Crippen LogP contribution in [-0.2, 0) is 22.6 Å². The van der Waals surface area contributed by atoms with Gasteiger partial charge in [-0.1, -0.05) is 24.3 Å². The van der Waals surface area contributed by atoms with Gasteiger partial charge in [0.05, 0.1) is 12.7 Å². The Morgan fingerprint density at radius 1 is 1.35 bits per heavy atom. The Bertz CT molecular complexity index is 487. The predicted octanol–water partition coefficient (Wildman–Crippen LogP) is 2.93. The molecule has 1 heterocycles. The third-order valence-electron chi connectivity index (χ3n) is 4.11. The van der Waals surface area contributed by atoms with Crippen molar-refractivity contribution in [2.24, 2.45) is 0 Å². The van der Waals surface area contributed by atoms with E-state index in [4.69, 9.17) is 9.47 Å². The number of hydrogen-bond donors (Lipinski definition) is 1. The second-order valence-corrected chi connectivity index (χ2v) is 5.93. The number of hydrogen-bond acceptors (Lipinski definition) is 3. The standard InChI is InChI=1S/C18H28N2O3/c1-3-22-14-16-9-5-4-8-15(16)12-19-18(21)20(2)13-17-10-6-7-11-23-17/h4-5,8-9,17H,3,6-7,10-14H2,1-2H3,(H,19,21). The fourth-order valence-corrected chi connectivity index (χ4v) is 2.73. The third kappa shape index (κ3) is 5.84. The Balaban J connectivity index is 1.81. The average Bonchev–Trinajstić information content (AvgIpc) is 2.59. The zero-order valence-electron chi connectivity index (χ0n) is 14.2. The summed E-state index contributed by atoms with van der Waals surface area (Å²) in [5, 5.41) is 2.98. The highest BCUT2D eigenvalue weighted by molar-refractivity contribution is 5.73. The lowest BCUT2D eigenvalue weighted by atomic mass is 10.1. The van der Waals surface area contributed by atoms with Crippen LogP contribution in [0.4, 0.5) is 4.79 Å². The first-order chi connectivity index (χ1) is 11.2. The molecule has 0 spiro atoms. The van der Waals surface area contributed by atoms with Crippen molar-refractivity contribution >= 4 is 6.03 Å². The first kappa shape index (κ1) is 17.8. The van der Waals surface area contributed by atoms with Gasteiger partial charge in [-0.2, -0.15) is 0 Å². The van der Waals surface area contributed by atoms with Gasteiger partial charge in [0.2, 0.25) is 0 Å². The molecule has 5 nitrogen and oxygen atoms in total. The number of nitrogens with one attached hydrogen (secondary N) is 1. The Morgan fingerprint density at radius 2 is 2.13 bits per heavy atom. The topological polar surface area (TPSA) is 50.8 Å². The molecule has 0 radical (unpaired) electrons. The van der Waals surface area contributed by atoms with Gasteiger partial charge in [0.15, 0.2) is 0 Å². The molecule has 0 saturated carbocycles. The van der Waals surface area contributed by atoms with Crippen LogP contribution in [-0.4, -0.2) is 43.8 Å². The van der Waals surface area contributed by atoms with E-state index in [0.717, 1.165) is 30.6 Å². The number of urea groups is 1. The van der Waals surface area contributed by atoms with Crippen LogP contribution in [0.2, 0.25) is 0 Å². The molecule has 1 aromatic rings. The maximum Gasteiger partial charge on any atom is 0.317 e. The fourth-order valence-electron chi connectivity index (χ4n) is 2.73. The molecule has 2 amide bonds. The van der Waals surface area contributed by atoms with Gasteiger partial charge < -0.3 is 19.7 Å². The van der Waals surface area contributed by atoms with Crippen LogP contribution in [0.5, 0.6) is 0 Å². The second kappa shape index (κ2) is 9.53. The van der Waals surface area contributed by atoms with E-state index in [9.17, 15) is 4.79 Å². The first-order valence-corrected chi connectivity index (χ1v) is 8.45. The number of nitrogens with zero attached hydrogens (tertiary/aromatic N) is 1. The van der Waals surface area contributed by atoms with Crippen LogP contribution in [0.1, 0.15) is 37.3 Å². The summed E-state index contributed by atoms with van der Waals surface area (Å²) in [4.78, 5) is 14.0. The maximum absolute atomic E-state index is 12.2. The number of rotatable bonds is 7. The van der Waals surface area contributed by atoms with E-state index in [2.05, 4.69) is 5.32 Å². The fraction of sp³-hybridized carbons (Fsp3) is 0.611. The molecule has 1 N–H and O–H groups in total. The highest BCUT2D eigenvalue weighted by Crippen LogP contribution is 2.14. The molecule has 5 heteroatoms. The minimum atomic E-state index is -0.0645. The van der Waals surface area contributed by atoms with Crippen molar-refractivity contribution < 1.29 is 14.3 Å². The zero-order chi connectivity index (χ0) is 16.5. The molecule has 2 rings (SSSR count). The highest BCUT2D eigenvalue weighted by Gasteiger charge is 2.18. The molecular weight excluding hydrogens is 292 g/mol. The van der Waals surface area contributed by atoms with E-state index in [-0.39, 0.29) is 12.1 Å². The van der Waals surface area contributed by atoms with Gasteiger partial charge in [0.1, 0.15) is 0 Å². The van der Waals surface area contributed by atoms with Crippen LogP contribution >= 0.6 is 0 Å².